The molecule has 0 saturated heterocycles. The van der Waals surface area contributed by atoms with E-state index >= 15 is 0 Å². The summed E-state index contributed by atoms with van der Waals surface area (Å²) in [5.41, 5.74) is 0.520. The number of hydrogen-bond acceptors (Lipinski definition) is 2. The topological polar surface area (TPSA) is 26.3 Å². The second-order valence-corrected chi connectivity index (χ2v) is 3.71. The number of rotatable bonds is 4. The Morgan fingerprint density at radius 2 is 2.14 bits per heavy atom. The van der Waals surface area contributed by atoms with Crippen molar-refractivity contribution in [2.24, 2.45) is 5.92 Å². The Bertz CT molecular complexity index is 316. The highest BCUT2D eigenvalue weighted by molar-refractivity contribution is 5.79. The zero-order valence-electron chi connectivity index (χ0n) is 8.03. The molecule has 1 aliphatic carbocycles. The van der Waals surface area contributed by atoms with Crippen LogP contribution in [0, 0.1) is 5.92 Å². The maximum absolute atomic E-state index is 10.6. The van der Waals surface area contributed by atoms with Crippen molar-refractivity contribution in [2.45, 2.75) is 19.3 Å². The lowest BCUT2D eigenvalue weighted by Crippen LogP contribution is -2.19. The summed E-state index contributed by atoms with van der Waals surface area (Å²) in [6, 6.07) is 7.23. The Labute approximate surface area is 83.9 Å². The lowest BCUT2D eigenvalue weighted by atomic mass is 9.86. The van der Waals surface area contributed by atoms with Gasteiger partial charge in [0.25, 0.3) is 0 Å². The zero-order chi connectivity index (χ0) is 9.80. The third-order valence-corrected chi connectivity index (χ3v) is 2.70. The summed E-state index contributed by atoms with van der Waals surface area (Å²) in [5, 5.41) is 0. The van der Waals surface area contributed by atoms with Gasteiger partial charge in [0.1, 0.15) is 5.75 Å². The summed E-state index contributed by atoms with van der Waals surface area (Å²) >= 11 is 0. The predicted octanol–water partition coefficient (Wildman–Crippen LogP) is 2.32. The Morgan fingerprint density at radius 3 is 2.79 bits per heavy atom. The minimum absolute atomic E-state index is 0.520. The number of hydrogen-bond donors (Lipinski definition) is 0. The van der Waals surface area contributed by atoms with Crippen molar-refractivity contribution >= 4 is 6.29 Å². The molecule has 0 amide bonds. The van der Waals surface area contributed by atoms with E-state index in [9.17, 15) is 4.79 Å². The average Bonchev–Trinajstić information content (AvgIpc) is 2.16. The van der Waals surface area contributed by atoms with Crippen molar-refractivity contribution in [2.75, 3.05) is 6.61 Å². The Kier molecular flexibility index (Phi) is 2.82. The van der Waals surface area contributed by atoms with Gasteiger partial charge >= 0.3 is 0 Å². The molecule has 1 fully saturated rings. The smallest absolute Gasteiger partial charge is 0.237 e. The van der Waals surface area contributed by atoms with E-state index in [4.69, 9.17) is 4.74 Å². The molecule has 0 bridgehead atoms. The van der Waals surface area contributed by atoms with Crippen LogP contribution in [-0.2, 0) is 4.79 Å². The summed E-state index contributed by atoms with van der Waals surface area (Å²) in [6.07, 6.45) is 5.71. The van der Waals surface area contributed by atoms with Crippen LogP contribution in [0.15, 0.2) is 24.3 Å². The number of ether oxygens (including phenoxy) is 1. The van der Waals surface area contributed by atoms with E-state index in [2.05, 4.69) is 0 Å². The predicted molar refractivity (Wildman–Crippen MR) is 54.1 cm³/mol. The molecule has 0 aliphatic heterocycles. The van der Waals surface area contributed by atoms with E-state index in [0.29, 0.717) is 17.2 Å². The third kappa shape index (κ3) is 1.95. The van der Waals surface area contributed by atoms with E-state index in [1.807, 2.05) is 24.5 Å². The molecule has 1 aliphatic rings. The van der Waals surface area contributed by atoms with Gasteiger partial charge in [-0.15, -0.1) is 0 Å². The molecule has 1 aromatic carbocycles. The van der Waals surface area contributed by atoms with Crippen LogP contribution in [0.4, 0.5) is 0 Å². The van der Waals surface area contributed by atoms with Gasteiger partial charge in [-0.05, 0) is 30.9 Å². The van der Waals surface area contributed by atoms with Gasteiger partial charge in [-0.1, -0.05) is 18.6 Å². The molecule has 0 aromatic heterocycles. The molecular weight excluding hydrogens is 176 g/mol. The van der Waals surface area contributed by atoms with E-state index in [-0.39, 0.29) is 0 Å². The molecule has 0 spiro atoms. The lowest BCUT2D eigenvalue weighted by molar-refractivity contribution is 0.180. The molecule has 0 atom stereocenters. The van der Waals surface area contributed by atoms with Crippen molar-refractivity contribution in [3.05, 3.63) is 29.8 Å². The fourth-order valence-electron chi connectivity index (χ4n) is 1.54. The normalized spacial score (nSPS) is 16.0. The fraction of sp³-hybridized carbons (Fsp3) is 0.417. The van der Waals surface area contributed by atoms with Gasteiger partial charge in [0.2, 0.25) is 6.29 Å². The first-order chi connectivity index (χ1) is 6.90. The second-order valence-electron chi connectivity index (χ2n) is 3.71. The molecule has 0 unspecified atom stereocenters. The van der Waals surface area contributed by atoms with Crippen LogP contribution in [0.25, 0.3) is 0 Å². The highest BCUT2D eigenvalue weighted by Gasteiger charge is 2.18. The van der Waals surface area contributed by atoms with Gasteiger partial charge < -0.3 is 4.74 Å². The van der Waals surface area contributed by atoms with Gasteiger partial charge in [-0.3, -0.25) is 4.79 Å². The second kappa shape index (κ2) is 4.27. The van der Waals surface area contributed by atoms with Gasteiger partial charge in [-0.25, -0.2) is 0 Å². The maximum Gasteiger partial charge on any atom is 0.237 e. The monoisotopic (exact) mass is 189 g/mol. The molecule has 2 nitrogen and oxygen atoms in total. The van der Waals surface area contributed by atoms with Crippen LogP contribution in [0.1, 0.15) is 24.8 Å². The van der Waals surface area contributed by atoms with Gasteiger partial charge in [-0.2, -0.15) is 0 Å². The van der Waals surface area contributed by atoms with Gasteiger partial charge in [0.05, 0.1) is 12.2 Å². The molecule has 1 aromatic rings. The van der Waals surface area contributed by atoms with E-state index in [1.54, 1.807) is 6.07 Å². The molecule has 1 radical (unpaired) electrons. The van der Waals surface area contributed by atoms with Gasteiger partial charge in [0.15, 0.2) is 0 Å². The van der Waals surface area contributed by atoms with Crippen molar-refractivity contribution in [3.8, 4) is 5.75 Å². The minimum atomic E-state index is 0.520. The van der Waals surface area contributed by atoms with Gasteiger partial charge in [0, 0.05) is 0 Å². The lowest BCUT2D eigenvalue weighted by Gasteiger charge is -2.25. The first-order valence-corrected chi connectivity index (χ1v) is 5.00. The highest BCUT2D eigenvalue weighted by Crippen LogP contribution is 2.27. The Hall–Kier alpha value is -1.31. The molecule has 14 heavy (non-hydrogen) atoms. The molecular formula is C12H13O2. The largest absolute Gasteiger partial charge is 0.493 e. The quantitative estimate of drug-likeness (QED) is 0.726. The first kappa shape index (κ1) is 9.25. The van der Waals surface area contributed by atoms with Crippen LogP contribution in [0.3, 0.4) is 0 Å². The summed E-state index contributed by atoms with van der Waals surface area (Å²) in [7, 11) is 0. The van der Waals surface area contributed by atoms with Crippen LogP contribution in [0.5, 0.6) is 5.75 Å². The zero-order valence-corrected chi connectivity index (χ0v) is 8.03. The van der Waals surface area contributed by atoms with Crippen molar-refractivity contribution < 1.29 is 9.53 Å². The van der Waals surface area contributed by atoms with Crippen molar-refractivity contribution in [1.29, 1.82) is 0 Å². The Morgan fingerprint density at radius 1 is 1.36 bits per heavy atom. The highest BCUT2D eigenvalue weighted by atomic mass is 16.5. The molecule has 73 valence electrons. The maximum atomic E-state index is 10.6. The van der Waals surface area contributed by atoms with Crippen LogP contribution in [-0.4, -0.2) is 12.9 Å². The van der Waals surface area contributed by atoms with Crippen LogP contribution in [0.2, 0.25) is 0 Å². The molecule has 0 heterocycles. The summed E-state index contributed by atoms with van der Waals surface area (Å²) in [6.45, 7) is 0.735. The van der Waals surface area contributed by atoms with Crippen LogP contribution >= 0.6 is 0 Å². The molecule has 2 rings (SSSR count). The molecule has 2 heteroatoms. The molecule has 1 saturated carbocycles. The third-order valence-electron chi connectivity index (χ3n) is 2.70. The summed E-state index contributed by atoms with van der Waals surface area (Å²) < 4.78 is 5.57. The van der Waals surface area contributed by atoms with E-state index in [1.165, 1.54) is 19.3 Å². The minimum Gasteiger partial charge on any atom is -0.493 e. The van der Waals surface area contributed by atoms with Crippen LogP contribution < -0.4 is 4.74 Å². The Balaban J connectivity index is 1.96. The van der Waals surface area contributed by atoms with Crippen molar-refractivity contribution in [1.82, 2.24) is 0 Å². The standard InChI is InChI=1S/C12H13O2/c13-8-11-6-1-2-7-12(11)14-9-10-4-3-5-10/h1-2,6-7,10H,3-5,9H2. The van der Waals surface area contributed by atoms with Crippen molar-refractivity contribution in [3.63, 3.8) is 0 Å². The average molecular weight is 189 g/mol. The van der Waals surface area contributed by atoms with E-state index < -0.39 is 0 Å². The first-order valence-electron chi connectivity index (χ1n) is 5.00. The number of para-hydroxylation sites is 1. The fourth-order valence-corrected chi connectivity index (χ4v) is 1.54. The number of benzene rings is 1. The SMILES string of the molecule is O=[C]c1ccccc1OCC1CCC1. The summed E-state index contributed by atoms with van der Waals surface area (Å²) in [4.78, 5) is 10.6. The number of carbonyl (C=O) groups excluding carboxylic acids is 1. The summed E-state index contributed by atoms with van der Waals surface area (Å²) in [5.74, 6) is 1.35. The molecule has 0 N–H and O–H groups in total. The van der Waals surface area contributed by atoms with E-state index in [0.717, 1.165) is 6.61 Å².